The van der Waals surface area contributed by atoms with Crippen LogP contribution in [0, 0.1) is 0 Å². The summed E-state index contributed by atoms with van der Waals surface area (Å²) in [7, 11) is 4.73. The third-order valence-corrected chi connectivity index (χ3v) is 1.99. The van der Waals surface area contributed by atoms with Gasteiger partial charge in [-0.25, -0.2) is 0 Å². The van der Waals surface area contributed by atoms with Gasteiger partial charge in [0.25, 0.3) is 0 Å². The fourth-order valence-electron chi connectivity index (χ4n) is 1.17. The number of hydrogen-bond donors (Lipinski definition) is 1. The highest BCUT2D eigenvalue weighted by molar-refractivity contribution is 5.43. The number of ether oxygens (including phenoxy) is 3. The van der Waals surface area contributed by atoms with Gasteiger partial charge in [0.05, 0.1) is 14.2 Å². The Labute approximate surface area is 83.6 Å². The van der Waals surface area contributed by atoms with Crippen molar-refractivity contribution in [1.82, 2.24) is 0 Å². The standard InChI is InChI=1S/C10H15NO3/c1-12-8-5-4-7(10(11)14-3)6-9(8)13-2/h4-6,10H,11H2,1-3H3. The molecule has 2 N–H and O–H groups in total. The molecule has 0 amide bonds. The molecule has 0 spiro atoms. The minimum Gasteiger partial charge on any atom is -0.493 e. The molecule has 4 nitrogen and oxygen atoms in total. The molecule has 1 atom stereocenters. The number of benzene rings is 1. The summed E-state index contributed by atoms with van der Waals surface area (Å²) < 4.78 is 15.2. The van der Waals surface area contributed by atoms with E-state index in [9.17, 15) is 0 Å². The lowest BCUT2D eigenvalue weighted by molar-refractivity contribution is 0.109. The Bertz CT molecular complexity index is 301. The summed E-state index contributed by atoms with van der Waals surface area (Å²) in [5, 5.41) is 0. The van der Waals surface area contributed by atoms with Gasteiger partial charge in [-0.1, -0.05) is 6.07 Å². The van der Waals surface area contributed by atoms with Gasteiger partial charge >= 0.3 is 0 Å². The van der Waals surface area contributed by atoms with Gasteiger partial charge in [-0.15, -0.1) is 0 Å². The van der Waals surface area contributed by atoms with Crippen LogP contribution in [-0.2, 0) is 4.74 Å². The molecule has 0 heterocycles. The van der Waals surface area contributed by atoms with Crippen LogP contribution in [0.25, 0.3) is 0 Å². The summed E-state index contributed by atoms with van der Waals surface area (Å²) in [6, 6.07) is 5.44. The van der Waals surface area contributed by atoms with E-state index in [0.717, 1.165) is 5.56 Å². The Hall–Kier alpha value is -1.26. The molecule has 0 aliphatic heterocycles. The zero-order valence-electron chi connectivity index (χ0n) is 8.61. The lowest BCUT2D eigenvalue weighted by atomic mass is 10.2. The predicted molar refractivity (Wildman–Crippen MR) is 53.5 cm³/mol. The summed E-state index contributed by atoms with van der Waals surface area (Å²) in [5.41, 5.74) is 6.54. The molecule has 0 aromatic heterocycles. The second kappa shape index (κ2) is 4.83. The van der Waals surface area contributed by atoms with E-state index in [2.05, 4.69) is 0 Å². The highest BCUT2D eigenvalue weighted by Gasteiger charge is 2.09. The lowest BCUT2D eigenvalue weighted by Gasteiger charge is -2.13. The van der Waals surface area contributed by atoms with Gasteiger partial charge < -0.3 is 19.9 Å². The van der Waals surface area contributed by atoms with Crippen LogP contribution >= 0.6 is 0 Å². The lowest BCUT2D eigenvalue weighted by Crippen LogP contribution is -2.12. The van der Waals surface area contributed by atoms with Gasteiger partial charge in [-0.05, 0) is 17.7 Å². The largest absolute Gasteiger partial charge is 0.493 e. The molecule has 0 fully saturated rings. The average molecular weight is 197 g/mol. The number of nitrogens with two attached hydrogens (primary N) is 1. The first-order valence-corrected chi connectivity index (χ1v) is 4.23. The predicted octanol–water partition coefficient (Wildman–Crippen LogP) is 1.31. The van der Waals surface area contributed by atoms with Crippen molar-refractivity contribution in [3.8, 4) is 11.5 Å². The van der Waals surface area contributed by atoms with Crippen molar-refractivity contribution in [2.45, 2.75) is 6.23 Å². The van der Waals surface area contributed by atoms with Gasteiger partial charge in [-0.3, -0.25) is 0 Å². The van der Waals surface area contributed by atoms with Crippen molar-refractivity contribution in [1.29, 1.82) is 0 Å². The molecule has 1 rings (SSSR count). The minimum absolute atomic E-state index is 0.435. The van der Waals surface area contributed by atoms with E-state index in [-0.39, 0.29) is 0 Å². The molecule has 14 heavy (non-hydrogen) atoms. The van der Waals surface area contributed by atoms with Crippen LogP contribution in [0.5, 0.6) is 11.5 Å². The Morgan fingerprint density at radius 1 is 1.07 bits per heavy atom. The van der Waals surface area contributed by atoms with E-state index in [4.69, 9.17) is 19.9 Å². The first-order chi connectivity index (χ1) is 6.72. The van der Waals surface area contributed by atoms with Crippen LogP contribution in [0.1, 0.15) is 11.8 Å². The van der Waals surface area contributed by atoms with Crippen molar-refractivity contribution >= 4 is 0 Å². The molecule has 0 bridgehead atoms. The SMILES string of the molecule is COc1ccc(C(N)OC)cc1OC. The van der Waals surface area contributed by atoms with E-state index in [1.165, 1.54) is 0 Å². The molecular weight excluding hydrogens is 182 g/mol. The normalized spacial score (nSPS) is 12.3. The van der Waals surface area contributed by atoms with Crippen molar-refractivity contribution in [2.75, 3.05) is 21.3 Å². The van der Waals surface area contributed by atoms with Crippen molar-refractivity contribution in [3.05, 3.63) is 23.8 Å². The van der Waals surface area contributed by atoms with E-state index in [0.29, 0.717) is 11.5 Å². The Kier molecular flexibility index (Phi) is 3.73. The van der Waals surface area contributed by atoms with Crippen molar-refractivity contribution in [3.63, 3.8) is 0 Å². The molecule has 0 aliphatic carbocycles. The molecule has 4 heteroatoms. The van der Waals surface area contributed by atoms with Gasteiger partial charge in [-0.2, -0.15) is 0 Å². The monoisotopic (exact) mass is 197 g/mol. The first-order valence-electron chi connectivity index (χ1n) is 4.23. The average Bonchev–Trinajstić information content (AvgIpc) is 2.26. The fraction of sp³-hybridized carbons (Fsp3) is 0.400. The quantitative estimate of drug-likeness (QED) is 0.739. The third-order valence-electron chi connectivity index (χ3n) is 1.99. The maximum absolute atomic E-state index is 5.69. The first kappa shape index (κ1) is 10.8. The molecule has 1 aromatic carbocycles. The summed E-state index contributed by atoms with van der Waals surface area (Å²) in [4.78, 5) is 0. The van der Waals surface area contributed by atoms with E-state index < -0.39 is 6.23 Å². The Morgan fingerprint density at radius 2 is 1.71 bits per heavy atom. The zero-order valence-corrected chi connectivity index (χ0v) is 8.61. The summed E-state index contributed by atoms with van der Waals surface area (Å²) in [6.45, 7) is 0. The van der Waals surface area contributed by atoms with Gasteiger partial charge in [0.2, 0.25) is 0 Å². The fourth-order valence-corrected chi connectivity index (χ4v) is 1.17. The second-order valence-electron chi connectivity index (χ2n) is 2.77. The maximum Gasteiger partial charge on any atom is 0.161 e. The van der Waals surface area contributed by atoms with Crippen LogP contribution in [0.3, 0.4) is 0 Å². The number of rotatable bonds is 4. The van der Waals surface area contributed by atoms with Crippen molar-refractivity contribution in [2.24, 2.45) is 5.73 Å². The molecule has 78 valence electrons. The Morgan fingerprint density at radius 3 is 2.21 bits per heavy atom. The summed E-state index contributed by atoms with van der Waals surface area (Å²) in [6.07, 6.45) is -0.435. The maximum atomic E-state index is 5.69. The molecule has 0 radical (unpaired) electrons. The summed E-state index contributed by atoms with van der Waals surface area (Å²) in [5.74, 6) is 1.33. The third kappa shape index (κ3) is 2.16. The number of methoxy groups -OCH3 is 3. The van der Waals surface area contributed by atoms with E-state index in [1.807, 2.05) is 6.07 Å². The van der Waals surface area contributed by atoms with E-state index >= 15 is 0 Å². The van der Waals surface area contributed by atoms with Gasteiger partial charge in [0.15, 0.2) is 11.5 Å². The van der Waals surface area contributed by atoms with Crippen LogP contribution in [-0.4, -0.2) is 21.3 Å². The highest BCUT2D eigenvalue weighted by Crippen LogP contribution is 2.29. The number of hydrogen-bond acceptors (Lipinski definition) is 4. The molecule has 1 unspecified atom stereocenters. The van der Waals surface area contributed by atoms with Crippen LogP contribution in [0.4, 0.5) is 0 Å². The summed E-state index contributed by atoms with van der Waals surface area (Å²) >= 11 is 0. The minimum atomic E-state index is -0.435. The zero-order chi connectivity index (χ0) is 10.6. The highest BCUT2D eigenvalue weighted by atomic mass is 16.5. The van der Waals surface area contributed by atoms with E-state index in [1.54, 1.807) is 33.5 Å². The van der Waals surface area contributed by atoms with Gasteiger partial charge in [0.1, 0.15) is 6.23 Å². The van der Waals surface area contributed by atoms with Crippen LogP contribution in [0.2, 0.25) is 0 Å². The van der Waals surface area contributed by atoms with Gasteiger partial charge in [0, 0.05) is 7.11 Å². The Balaban J connectivity index is 3.01. The molecule has 0 saturated carbocycles. The van der Waals surface area contributed by atoms with Crippen molar-refractivity contribution < 1.29 is 14.2 Å². The smallest absolute Gasteiger partial charge is 0.161 e. The molecular formula is C10H15NO3. The topological polar surface area (TPSA) is 53.7 Å². The van der Waals surface area contributed by atoms with Crippen LogP contribution < -0.4 is 15.2 Å². The molecule has 0 saturated heterocycles. The van der Waals surface area contributed by atoms with Crippen LogP contribution in [0.15, 0.2) is 18.2 Å². The molecule has 1 aromatic rings. The molecule has 0 aliphatic rings. The second-order valence-corrected chi connectivity index (χ2v) is 2.77.